The van der Waals surface area contributed by atoms with Crippen molar-refractivity contribution in [1.82, 2.24) is 5.43 Å². The normalized spacial score (nSPS) is 10.6. The van der Waals surface area contributed by atoms with Crippen molar-refractivity contribution in [2.75, 3.05) is 6.61 Å². The molecule has 0 radical (unpaired) electrons. The Balaban J connectivity index is 1.80. The molecule has 2 aromatic rings. The van der Waals surface area contributed by atoms with Crippen LogP contribution in [0.5, 0.6) is 5.75 Å². The van der Waals surface area contributed by atoms with E-state index in [1.54, 1.807) is 18.3 Å². The smallest absolute Gasteiger partial charge is 0.277 e. The molecule has 2 rings (SSSR count). The Bertz CT molecular complexity index is 656. The van der Waals surface area contributed by atoms with Crippen LogP contribution in [-0.2, 0) is 4.79 Å². The molecule has 4 nitrogen and oxygen atoms in total. The fourth-order valence-electron chi connectivity index (χ4n) is 1.67. The number of rotatable bonds is 5. The number of benzene rings is 2. The van der Waals surface area contributed by atoms with Crippen molar-refractivity contribution >= 4 is 28.1 Å². The lowest BCUT2D eigenvalue weighted by molar-refractivity contribution is -0.123. The predicted octanol–water partition coefficient (Wildman–Crippen LogP) is 3.29. The molecule has 0 spiro atoms. The van der Waals surface area contributed by atoms with Gasteiger partial charge in [-0.25, -0.2) is 5.43 Å². The third-order valence-electron chi connectivity index (χ3n) is 2.61. The summed E-state index contributed by atoms with van der Waals surface area (Å²) in [5.41, 5.74) is 4.50. The Hall–Kier alpha value is -2.14. The molecule has 108 valence electrons. The predicted molar refractivity (Wildman–Crippen MR) is 86.6 cm³/mol. The minimum atomic E-state index is -0.307. The number of amides is 1. The largest absolute Gasteiger partial charge is 0.484 e. The lowest BCUT2D eigenvalue weighted by Gasteiger charge is -2.05. The maximum atomic E-state index is 11.6. The number of hydrogen-bond donors (Lipinski definition) is 1. The molecule has 0 heterocycles. The molecule has 2 aromatic carbocycles. The first-order valence-corrected chi connectivity index (χ1v) is 7.20. The molecule has 0 aliphatic carbocycles. The number of nitrogens with zero attached hydrogens (tertiary/aromatic N) is 1. The van der Waals surface area contributed by atoms with Crippen molar-refractivity contribution < 1.29 is 9.53 Å². The first-order chi connectivity index (χ1) is 10.1. The summed E-state index contributed by atoms with van der Waals surface area (Å²) in [4.78, 5) is 11.6. The van der Waals surface area contributed by atoms with E-state index in [2.05, 4.69) is 26.5 Å². The number of carbonyl (C=O) groups excluding carboxylic acids is 1. The van der Waals surface area contributed by atoms with E-state index >= 15 is 0 Å². The summed E-state index contributed by atoms with van der Waals surface area (Å²) in [6.45, 7) is 1.92. The maximum Gasteiger partial charge on any atom is 0.277 e. The van der Waals surface area contributed by atoms with Gasteiger partial charge in [0.2, 0.25) is 0 Å². The van der Waals surface area contributed by atoms with Crippen LogP contribution in [0.1, 0.15) is 11.1 Å². The van der Waals surface area contributed by atoms with Gasteiger partial charge in [-0.1, -0.05) is 51.8 Å². The molecule has 0 atom stereocenters. The minimum Gasteiger partial charge on any atom is -0.484 e. The van der Waals surface area contributed by atoms with Crippen LogP contribution < -0.4 is 10.2 Å². The van der Waals surface area contributed by atoms with Gasteiger partial charge in [0, 0.05) is 4.47 Å². The van der Waals surface area contributed by atoms with Crippen molar-refractivity contribution in [3.8, 4) is 5.75 Å². The van der Waals surface area contributed by atoms with Crippen molar-refractivity contribution in [3.05, 3.63) is 64.1 Å². The topological polar surface area (TPSA) is 50.7 Å². The van der Waals surface area contributed by atoms with Crippen molar-refractivity contribution in [2.24, 2.45) is 5.10 Å². The highest BCUT2D eigenvalue weighted by Crippen LogP contribution is 2.17. The van der Waals surface area contributed by atoms with E-state index in [0.717, 1.165) is 15.6 Å². The van der Waals surface area contributed by atoms with Gasteiger partial charge in [0.15, 0.2) is 6.61 Å². The van der Waals surface area contributed by atoms with Gasteiger partial charge in [-0.15, -0.1) is 0 Å². The highest BCUT2D eigenvalue weighted by Gasteiger charge is 2.01. The van der Waals surface area contributed by atoms with E-state index in [0.29, 0.717) is 5.75 Å². The number of carbonyl (C=O) groups is 1. The summed E-state index contributed by atoms with van der Waals surface area (Å²) in [7, 11) is 0. The van der Waals surface area contributed by atoms with Gasteiger partial charge < -0.3 is 4.74 Å². The van der Waals surface area contributed by atoms with Crippen LogP contribution in [0.4, 0.5) is 0 Å². The molecule has 0 aromatic heterocycles. The average molecular weight is 347 g/mol. The van der Waals surface area contributed by atoms with Crippen LogP contribution in [0.2, 0.25) is 0 Å². The molecule has 21 heavy (non-hydrogen) atoms. The van der Waals surface area contributed by atoms with Crippen LogP contribution in [0.25, 0.3) is 0 Å². The van der Waals surface area contributed by atoms with Gasteiger partial charge in [-0.2, -0.15) is 5.10 Å². The third-order valence-corrected chi connectivity index (χ3v) is 3.10. The van der Waals surface area contributed by atoms with E-state index in [9.17, 15) is 4.79 Å². The third kappa shape index (κ3) is 5.39. The minimum absolute atomic E-state index is 0.0817. The molecule has 0 aliphatic rings. The maximum absolute atomic E-state index is 11.6. The zero-order chi connectivity index (χ0) is 15.1. The van der Waals surface area contributed by atoms with E-state index < -0.39 is 0 Å². The molecule has 0 aliphatic heterocycles. The SMILES string of the molecule is Cc1cccc(/C=N\NC(=O)COc2cccc(Br)c2)c1. The lowest BCUT2D eigenvalue weighted by Crippen LogP contribution is -2.24. The molecular weight excluding hydrogens is 332 g/mol. The van der Waals surface area contributed by atoms with Gasteiger partial charge in [0.05, 0.1) is 6.21 Å². The van der Waals surface area contributed by atoms with Crippen LogP contribution >= 0.6 is 15.9 Å². The highest BCUT2D eigenvalue weighted by molar-refractivity contribution is 9.10. The number of hydrazone groups is 1. The molecule has 0 fully saturated rings. The highest BCUT2D eigenvalue weighted by atomic mass is 79.9. The standard InChI is InChI=1S/C16H15BrN2O2/c1-12-4-2-5-13(8-12)10-18-19-16(20)11-21-15-7-3-6-14(17)9-15/h2-10H,11H2,1H3,(H,19,20)/b18-10-. The molecule has 0 unspecified atom stereocenters. The number of ether oxygens (including phenoxy) is 1. The van der Waals surface area contributed by atoms with Crippen LogP contribution in [0.3, 0.4) is 0 Å². The number of hydrogen-bond acceptors (Lipinski definition) is 3. The Kier molecular flexibility index (Phi) is 5.51. The summed E-state index contributed by atoms with van der Waals surface area (Å²) < 4.78 is 6.26. The number of halogens is 1. The number of nitrogens with one attached hydrogen (secondary N) is 1. The van der Waals surface area contributed by atoms with Crippen molar-refractivity contribution in [2.45, 2.75) is 6.92 Å². The molecule has 5 heteroatoms. The second kappa shape index (κ2) is 7.59. The molecule has 0 saturated carbocycles. The second-order valence-corrected chi connectivity index (χ2v) is 5.37. The first kappa shape index (κ1) is 15.3. The molecule has 0 bridgehead atoms. The van der Waals surface area contributed by atoms with E-state index in [1.807, 2.05) is 43.3 Å². The Morgan fingerprint density at radius 3 is 2.86 bits per heavy atom. The Morgan fingerprint density at radius 2 is 2.10 bits per heavy atom. The van der Waals surface area contributed by atoms with Crippen LogP contribution in [0, 0.1) is 6.92 Å². The van der Waals surface area contributed by atoms with Gasteiger partial charge >= 0.3 is 0 Å². The van der Waals surface area contributed by atoms with E-state index in [-0.39, 0.29) is 12.5 Å². The second-order valence-electron chi connectivity index (χ2n) is 4.45. The van der Waals surface area contributed by atoms with Gasteiger partial charge in [0.25, 0.3) is 5.91 Å². The Morgan fingerprint density at radius 1 is 1.29 bits per heavy atom. The summed E-state index contributed by atoms with van der Waals surface area (Å²) in [5, 5.41) is 3.90. The zero-order valence-electron chi connectivity index (χ0n) is 11.5. The van der Waals surface area contributed by atoms with Crippen LogP contribution in [-0.4, -0.2) is 18.7 Å². The molecular formula is C16H15BrN2O2. The quantitative estimate of drug-likeness (QED) is 0.667. The first-order valence-electron chi connectivity index (χ1n) is 6.40. The zero-order valence-corrected chi connectivity index (χ0v) is 13.1. The van der Waals surface area contributed by atoms with Crippen LogP contribution in [0.15, 0.2) is 58.1 Å². The fourth-order valence-corrected chi connectivity index (χ4v) is 2.05. The fraction of sp³-hybridized carbons (Fsp3) is 0.125. The summed E-state index contributed by atoms with van der Waals surface area (Å²) in [6.07, 6.45) is 1.60. The molecule has 0 saturated heterocycles. The Labute approximate surface area is 132 Å². The summed E-state index contributed by atoms with van der Waals surface area (Å²) in [5.74, 6) is 0.320. The van der Waals surface area contributed by atoms with E-state index in [4.69, 9.17) is 4.74 Å². The number of aryl methyl sites for hydroxylation is 1. The van der Waals surface area contributed by atoms with Crippen molar-refractivity contribution in [1.29, 1.82) is 0 Å². The molecule has 1 amide bonds. The summed E-state index contributed by atoms with van der Waals surface area (Å²) in [6, 6.07) is 15.1. The van der Waals surface area contributed by atoms with Crippen molar-refractivity contribution in [3.63, 3.8) is 0 Å². The molecule has 1 N–H and O–H groups in total. The average Bonchev–Trinajstić information content (AvgIpc) is 2.45. The van der Waals surface area contributed by atoms with E-state index in [1.165, 1.54) is 0 Å². The van der Waals surface area contributed by atoms with Gasteiger partial charge in [-0.05, 0) is 30.7 Å². The monoisotopic (exact) mass is 346 g/mol. The van der Waals surface area contributed by atoms with Gasteiger partial charge in [0.1, 0.15) is 5.75 Å². The lowest BCUT2D eigenvalue weighted by atomic mass is 10.2. The van der Waals surface area contributed by atoms with Gasteiger partial charge in [-0.3, -0.25) is 4.79 Å². The summed E-state index contributed by atoms with van der Waals surface area (Å²) >= 11 is 3.34.